The Kier molecular flexibility index (Phi) is 5.81. The number of carbonyl (C=O) groups excluding carboxylic acids is 2. The van der Waals surface area contributed by atoms with Gasteiger partial charge in [0.1, 0.15) is 0 Å². The second-order valence-electron chi connectivity index (χ2n) is 5.72. The molecule has 0 aliphatic carbocycles. The first-order chi connectivity index (χ1) is 13.4. The third kappa shape index (κ3) is 4.59. The molecule has 0 atom stereocenters. The molecule has 1 aliphatic heterocycles. The van der Waals surface area contributed by atoms with Crippen molar-refractivity contribution in [1.82, 2.24) is 4.72 Å². The molecule has 10 heteroatoms. The number of esters is 1. The van der Waals surface area contributed by atoms with E-state index in [9.17, 15) is 18.0 Å². The van der Waals surface area contributed by atoms with Crippen LogP contribution in [0.5, 0.6) is 11.5 Å². The van der Waals surface area contributed by atoms with Gasteiger partial charge in [-0.2, -0.15) is 0 Å². The number of carbonyl (C=O) groups is 2. The second kappa shape index (κ2) is 8.28. The lowest BCUT2D eigenvalue weighted by atomic mass is 10.2. The van der Waals surface area contributed by atoms with Crippen molar-refractivity contribution in [2.24, 2.45) is 0 Å². The number of fused-ring (bicyclic) bond motifs is 1. The predicted molar refractivity (Wildman–Crippen MR) is 98.8 cm³/mol. The van der Waals surface area contributed by atoms with Crippen LogP contribution in [-0.2, 0) is 19.6 Å². The molecule has 2 N–H and O–H groups in total. The normalized spacial score (nSPS) is 12.5. The summed E-state index contributed by atoms with van der Waals surface area (Å²) in [5, 5.41) is 2.58. The van der Waals surface area contributed by atoms with Gasteiger partial charge in [0.2, 0.25) is 16.8 Å². The van der Waals surface area contributed by atoms with Gasteiger partial charge in [0.15, 0.2) is 18.1 Å². The van der Waals surface area contributed by atoms with E-state index < -0.39 is 28.5 Å². The summed E-state index contributed by atoms with van der Waals surface area (Å²) in [5.41, 5.74) is 0.606. The van der Waals surface area contributed by atoms with Gasteiger partial charge in [-0.05, 0) is 36.4 Å². The van der Waals surface area contributed by atoms with Crippen molar-refractivity contribution >= 4 is 27.6 Å². The van der Waals surface area contributed by atoms with E-state index >= 15 is 0 Å². The average molecular weight is 406 g/mol. The van der Waals surface area contributed by atoms with E-state index in [1.807, 2.05) is 0 Å². The van der Waals surface area contributed by atoms with Crippen LogP contribution in [0.1, 0.15) is 17.3 Å². The van der Waals surface area contributed by atoms with Crippen molar-refractivity contribution < 1.29 is 32.2 Å². The maximum atomic E-state index is 12.0. The lowest BCUT2D eigenvalue weighted by Gasteiger charge is -2.08. The van der Waals surface area contributed by atoms with Crippen molar-refractivity contribution in [3.63, 3.8) is 0 Å². The van der Waals surface area contributed by atoms with Gasteiger partial charge >= 0.3 is 5.97 Å². The summed E-state index contributed by atoms with van der Waals surface area (Å²) in [6.45, 7) is 1.55. The molecule has 148 valence electrons. The average Bonchev–Trinajstić information content (AvgIpc) is 3.14. The first kappa shape index (κ1) is 19.6. The zero-order valence-corrected chi connectivity index (χ0v) is 15.7. The fourth-order valence-corrected chi connectivity index (χ4v) is 3.47. The van der Waals surface area contributed by atoms with E-state index in [2.05, 4.69) is 10.0 Å². The highest BCUT2D eigenvalue weighted by Crippen LogP contribution is 2.34. The Labute approximate surface area is 161 Å². The van der Waals surface area contributed by atoms with Crippen LogP contribution in [0.4, 0.5) is 5.69 Å². The second-order valence-corrected chi connectivity index (χ2v) is 7.49. The zero-order chi connectivity index (χ0) is 20.1. The van der Waals surface area contributed by atoms with Crippen LogP contribution >= 0.6 is 0 Å². The molecular weight excluding hydrogens is 388 g/mol. The summed E-state index contributed by atoms with van der Waals surface area (Å²) in [4.78, 5) is 24.0. The molecule has 0 spiro atoms. The summed E-state index contributed by atoms with van der Waals surface area (Å²) in [6.07, 6.45) is 0. The molecule has 28 heavy (non-hydrogen) atoms. The first-order valence-corrected chi connectivity index (χ1v) is 9.84. The smallest absolute Gasteiger partial charge is 0.338 e. The highest BCUT2D eigenvalue weighted by atomic mass is 32.2. The van der Waals surface area contributed by atoms with Crippen LogP contribution in [-0.4, -0.2) is 40.2 Å². The number of ether oxygens (including phenoxy) is 3. The van der Waals surface area contributed by atoms with Gasteiger partial charge in [0.05, 0.1) is 10.5 Å². The Balaban J connectivity index is 1.54. The fourth-order valence-electron chi connectivity index (χ4n) is 2.43. The van der Waals surface area contributed by atoms with E-state index in [4.69, 9.17) is 14.2 Å². The molecule has 3 rings (SSSR count). The highest BCUT2D eigenvalue weighted by Gasteiger charge is 2.16. The Morgan fingerprint density at radius 3 is 2.50 bits per heavy atom. The SMILES string of the molecule is CCNS(=O)(=O)c1ccc(C(=O)OCC(=O)Nc2ccc3c(c2)OCO3)cc1. The number of anilines is 1. The van der Waals surface area contributed by atoms with Gasteiger partial charge in [0, 0.05) is 18.3 Å². The number of amides is 1. The topological polar surface area (TPSA) is 120 Å². The quantitative estimate of drug-likeness (QED) is 0.669. The molecule has 2 aromatic carbocycles. The number of sulfonamides is 1. The van der Waals surface area contributed by atoms with Crippen LogP contribution in [0, 0.1) is 0 Å². The lowest BCUT2D eigenvalue weighted by molar-refractivity contribution is -0.119. The molecule has 0 aromatic heterocycles. The van der Waals surface area contributed by atoms with Crippen LogP contribution in [0.15, 0.2) is 47.4 Å². The van der Waals surface area contributed by atoms with Gasteiger partial charge in [-0.25, -0.2) is 17.9 Å². The molecular formula is C18H18N2O7S. The molecule has 0 fully saturated rings. The van der Waals surface area contributed by atoms with Crippen molar-refractivity contribution in [3.8, 4) is 11.5 Å². The number of benzene rings is 2. The van der Waals surface area contributed by atoms with Crippen LogP contribution in [0.2, 0.25) is 0 Å². The van der Waals surface area contributed by atoms with Crippen molar-refractivity contribution in [2.75, 3.05) is 25.3 Å². The number of hydrogen-bond donors (Lipinski definition) is 2. The third-order valence-electron chi connectivity index (χ3n) is 3.73. The van der Waals surface area contributed by atoms with Gasteiger partial charge in [-0.3, -0.25) is 4.79 Å². The minimum absolute atomic E-state index is 0.0338. The predicted octanol–water partition coefficient (Wildman–Crippen LogP) is 1.51. The summed E-state index contributed by atoms with van der Waals surface area (Å²) < 4.78 is 41.5. The first-order valence-electron chi connectivity index (χ1n) is 8.35. The van der Waals surface area contributed by atoms with E-state index in [-0.39, 0.29) is 23.8 Å². The minimum Gasteiger partial charge on any atom is -0.454 e. The van der Waals surface area contributed by atoms with Gasteiger partial charge < -0.3 is 19.5 Å². The Bertz CT molecular complexity index is 987. The lowest BCUT2D eigenvalue weighted by Crippen LogP contribution is -2.23. The molecule has 0 bridgehead atoms. The number of rotatable bonds is 7. The van der Waals surface area contributed by atoms with Crippen molar-refractivity contribution in [3.05, 3.63) is 48.0 Å². The van der Waals surface area contributed by atoms with E-state index in [1.54, 1.807) is 25.1 Å². The molecule has 0 saturated heterocycles. The fraction of sp³-hybridized carbons (Fsp3) is 0.222. The number of hydrogen-bond acceptors (Lipinski definition) is 7. The molecule has 0 radical (unpaired) electrons. The summed E-state index contributed by atoms with van der Waals surface area (Å²) in [6, 6.07) is 10.1. The largest absolute Gasteiger partial charge is 0.454 e. The van der Waals surface area contributed by atoms with Gasteiger partial charge in [-0.15, -0.1) is 0 Å². The maximum absolute atomic E-state index is 12.0. The molecule has 1 heterocycles. The summed E-state index contributed by atoms with van der Waals surface area (Å²) in [5.74, 6) is -0.168. The van der Waals surface area contributed by atoms with E-state index in [0.29, 0.717) is 17.2 Å². The number of nitrogens with one attached hydrogen (secondary N) is 2. The van der Waals surface area contributed by atoms with Crippen molar-refractivity contribution in [2.45, 2.75) is 11.8 Å². The Hall–Kier alpha value is -3.11. The van der Waals surface area contributed by atoms with Crippen LogP contribution in [0.25, 0.3) is 0 Å². The van der Waals surface area contributed by atoms with Crippen LogP contribution in [0.3, 0.4) is 0 Å². The Morgan fingerprint density at radius 2 is 1.79 bits per heavy atom. The molecule has 1 amide bonds. The molecule has 0 unspecified atom stereocenters. The maximum Gasteiger partial charge on any atom is 0.338 e. The minimum atomic E-state index is -3.60. The van der Waals surface area contributed by atoms with Gasteiger partial charge in [0.25, 0.3) is 5.91 Å². The zero-order valence-electron chi connectivity index (χ0n) is 14.9. The van der Waals surface area contributed by atoms with Crippen LogP contribution < -0.4 is 19.5 Å². The van der Waals surface area contributed by atoms with Crippen molar-refractivity contribution in [1.29, 1.82) is 0 Å². The summed E-state index contributed by atoms with van der Waals surface area (Å²) in [7, 11) is -3.60. The third-order valence-corrected chi connectivity index (χ3v) is 5.29. The Morgan fingerprint density at radius 1 is 1.07 bits per heavy atom. The summed E-state index contributed by atoms with van der Waals surface area (Å²) >= 11 is 0. The molecule has 1 aliphatic rings. The molecule has 9 nitrogen and oxygen atoms in total. The van der Waals surface area contributed by atoms with E-state index in [1.165, 1.54) is 24.3 Å². The molecule has 0 saturated carbocycles. The highest BCUT2D eigenvalue weighted by molar-refractivity contribution is 7.89. The van der Waals surface area contributed by atoms with E-state index in [0.717, 1.165) is 0 Å². The standard InChI is InChI=1S/C18H18N2O7S/c1-2-19-28(23,24)14-6-3-12(4-7-14)18(22)25-10-17(21)20-13-5-8-15-16(9-13)27-11-26-15/h3-9,19H,2,10-11H2,1H3,(H,20,21). The monoisotopic (exact) mass is 406 g/mol. The van der Waals surface area contributed by atoms with Gasteiger partial charge in [-0.1, -0.05) is 6.92 Å². The molecule has 2 aromatic rings.